The SMILES string of the molecule is CCN(CC(=O)NC(C)(C)C)C(=O)c1cc(C)ccc1Br. The molecule has 21 heavy (non-hydrogen) atoms. The van der Waals surface area contributed by atoms with Crippen LogP contribution in [-0.2, 0) is 4.79 Å². The molecule has 0 fully saturated rings. The highest BCUT2D eigenvalue weighted by molar-refractivity contribution is 9.10. The molecule has 0 atom stereocenters. The molecule has 1 N–H and O–H groups in total. The van der Waals surface area contributed by atoms with Gasteiger partial charge in [0.2, 0.25) is 5.91 Å². The van der Waals surface area contributed by atoms with E-state index in [-0.39, 0.29) is 23.9 Å². The fraction of sp³-hybridized carbons (Fsp3) is 0.500. The number of hydrogen-bond acceptors (Lipinski definition) is 2. The van der Waals surface area contributed by atoms with Crippen LogP contribution in [0.1, 0.15) is 43.6 Å². The van der Waals surface area contributed by atoms with Gasteiger partial charge in [-0.1, -0.05) is 11.6 Å². The van der Waals surface area contributed by atoms with E-state index in [0.29, 0.717) is 12.1 Å². The fourth-order valence-electron chi connectivity index (χ4n) is 1.93. The normalized spacial score (nSPS) is 11.1. The van der Waals surface area contributed by atoms with Crippen LogP contribution in [0.4, 0.5) is 0 Å². The van der Waals surface area contributed by atoms with Gasteiger partial charge in [0.1, 0.15) is 0 Å². The molecule has 116 valence electrons. The highest BCUT2D eigenvalue weighted by Crippen LogP contribution is 2.20. The molecule has 0 bridgehead atoms. The van der Waals surface area contributed by atoms with Crippen molar-refractivity contribution in [1.29, 1.82) is 0 Å². The zero-order chi connectivity index (χ0) is 16.2. The van der Waals surface area contributed by atoms with Gasteiger partial charge in [0.15, 0.2) is 0 Å². The van der Waals surface area contributed by atoms with E-state index < -0.39 is 0 Å². The molecular formula is C16H23BrN2O2. The largest absolute Gasteiger partial charge is 0.350 e. The van der Waals surface area contributed by atoms with Crippen molar-refractivity contribution in [1.82, 2.24) is 10.2 Å². The molecule has 0 aromatic heterocycles. The quantitative estimate of drug-likeness (QED) is 0.902. The monoisotopic (exact) mass is 354 g/mol. The number of amides is 2. The van der Waals surface area contributed by atoms with E-state index in [0.717, 1.165) is 10.0 Å². The zero-order valence-corrected chi connectivity index (χ0v) is 14.9. The molecule has 0 saturated heterocycles. The van der Waals surface area contributed by atoms with Gasteiger partial charge in [0.05, 0.1) is 12.1 Å². The van der Waals surface area contributed by atoms with Gasteiger partial charge in [0, 0.05) is 16.6 Å². The second-order valence-electron chi connectivity index (χ2n) is 6.10. The van der Waals surface area contributed by atoms with Gasteiger partial charge in [0.25, 0.3) is 5.91 Å². The van der Waals surface area contributed by atoms with Gasteiger partial charge < -0.3 is 10.2 Å². The highest BCUT2D eigenvalue weighted by Gasteiger charge is 2.21. The van der Waals surface area contributed by atoms with Crippen LogP contribution in [0.3, 0.4) is 0 Å². The maximum Gasteiger partial charge on any atom is 0.255 e. The number of hydrogen-bond donors (Lipinski definition) is 1. The molecule has 0 aliphatic carbocycles. The summed E-state index contributed by atoms with van der Waals surface area (Å²) < 4.78 is 0.743. The minimum absolute atomic E-state index is 0.0625. The van der Waals surface area contributed by atoms with Gasteiger partial charge in [-0.05, 0) is 62.7 Å². The Kier molecular flexibility index (Phi) is 5.96. The Morgan fingerprint density at radius 3 is 2.43 bits per heavy atom. The zero-order valence-electron chi connectivity index (χ0n) is 13.3. The Labute approximate surface area is 135 Å². The first-order chi connectivity index (χ1) is 9.64. The lowest BCUT2D eigenvalue weighted by atomic mass is 10.1. The van der Waals surface area contributed by atoms with Gasteiger partial charge >= 0.3 is 0 Å². The molecule has 0 spiro atoms. The maximum atomic E-state index is 12.6. The Bertz CT molecular complexity index is 536. The Morgan fingerprint density at radius 2 is 1.90 bits per heavy atom. The molecule has 0 aliphatic rings. The van der Waals surface area contributed by atoms with Gasteiger partial charge in [-0.15, -0.1) is 0 Å². The van der Waals surface area contributed by atoms with E-state index in [1.165, 1.54) is 0 Å². The predicted molar refractivity (Wildman–Crippen MR) is 88.4 cm³/mol. The highest BCUT2D eigenvalue weighted by atomic mass is 79.9. The first-order valence-electron chi connectivity index (χ1n) is 7.00. The molecule has 0 heterocycles. The number of carbonyl (C=O) groups is 2. The molecule has 2 amide bonds. The van der Waals surface area contributed by atoms with E-state index in [2.05, 4.69) is 21.2 Å². The number of nitrogens with zero attached hydrogens (tertiary/aromatic N) is 1. The summed E-state index contributed by atoms with van der Waals surface area (Å²) in [5.74, 6) is -0.293. The van der Waals surface area contributed by atoms with Gasteiger partial charge in [-0.25, -0.2) is 0 Å². The molecule has 0 saturated carbocycles. The molecule has 0 aliphatic heterocycles. The number of nitrogens with one attached hydrogen (secondary N) is 1. The van der Waals surface area contributed by atoms with Crippen LogP contribution in [0.5, 0.6) is 0 Å². The summed E-state index contributed by atoms with van der Waals surface area (Å²) in [6, 6.07) is 5.62. The van der Waals surface area contributed by atoms with E-state index in [9.17, 15) is 9.59 Å². The third-order valence-electron chi connectivity index (χ3n) is 2.87. The summed E-state index contributed by atoms with van der Waals surface area (Å²) in [7, 11) is 0. The van der Waals surface area contributed by atoms with Crippen molar-refractivity contribution < 1.29 is 9.59 Å². The molecule has 1 rings (SSSR count). The lowest BCUT2D eigenvalue weighted by Crippen LogP contribution is -2.47. The smallest absolute Gasteiger partial charge is 0.255 e. The Balaban J connectivity index is 2.87. The lowest BCUT2D eigenvalue weighted by Gasteiger charge is -2.25. The molecular weight excluding hydrogens is 332 g/mol. The first kappa shape index (κ1) is 17.7. The third-order valence-corrected chi connectivity index (χ3v) is 3.56. The second-order valence-corrected chi connectivity index (χ2v) is 6.96. The number of carbonyl (C=O) groups excluding carboxylic acids is 2. The number of rotatable bonds is 4. The van der Waals surface area contributed by atoms with Crippen LogP contribution in [-0.4, -0.2) is 35.3 Å². The second kappa shape index (κ2) is 7.07. The summed E-state index contributed by atoms with van der Waals surface area (Å²) in [6.45, 7) is 10.1. The summed E-state index contributed by atoms with van der Waals surface area (Å²) in [5, 5.41) is 2.87. The summed E-state index contributed by atoms with van der Waals surface area (Å²) in [4.78, 5) is 26.1. The average molecular weight is 355 g/mol. The van der Waals surface area contributed by atoms with Crippen molar-refractivity contribution in [3.05, 3.63) is 33.8 Å². The first-order valence-corrected chi connectivity index (χ1v) is 7.79. The Morgan fingerprint density at radius 1 is 1.29 bits per heavy atom. The standard InChI is InChI=1S/C16H23BrN2O2/c1-6-19(10-14(20)18-16(3,4)5)15(21)12-9-11(2)7-8-13(12)17/h7-9H,6,10H2,1-5H3,(H,18,20). The van der Waals surface area contributed by atoms with Crippen LogP contribution in [0.15, 0.2) is 22.7 Å². The molecule has 1 aromatic carbocycles. The van der Waals surface area contributed by atoms with E-state index in [1.54, 1.807) is 4.90 Å². The molecule has 1 aromatic rings. The minimum atomic E-state index is -0.302. The number of aryl methyl sites for hydroxylation is 1. The minimum Gasteiger partial charge on any atom is -0.350 e. The lowest BCUT2D eigenvalue weighted by molar-refractivity contribution is -0.123. The van der Waals surface area contributed by atoms with Crippen molar-refractivity contribution in [2.24, 2.45) is 0 Å². The molecule has 5 heteroatoms. The van der Waals surface area contributed by atoms with Crippen molar-refractivity contribution in [3.8, 4) is 0 Å². The molecule has 0 radical (unpaired) electrons. The summed E-state index contributed by atoms with van der Waals surface area (Å²) in [6.07, 6.45) is 0. The summed E-state index contributed by atoms with van der Waals surface area (Å²) in [5.41, 5.74) is 1.29. The van der Waals surface area contributed by atoms with Crippen molar-refractivity contribution in [3.63, 3.8) is 0 Å². The fourth-order valence-corrected chi connectivity index (χ4v) is 2.35. The number of benzene rings is 1. The van der Waals surface area contributed by atoms with E-state index >= 15 is 0 Å². The van der Waals surface area contributed by atoms with Crippen LogP contribution in [0, 0.1) is 6.92 Å². The maximum absolute atomic E-state index is 12.6. The van der Waals surface area contributed by atoms with Crippen LogP contribution < -0.4 is 5.32 Å². The average Bonchev–Trinajstić information content (AvgIpc) is 2.36. The van der Waals surface area contributed by atoms with Crippen molar-refractivity contribution in [2.45, 2.75) is 40.2 Å². The van der Waals surface area contributed by atoms with E-state index in [1.807, 2.05) is 52.8 Å². The van der Waals surface area contributed by atoms with Gasteiger partial charge in [-0.3, -0.25) is 9.59 Å². The van der Waals surface area contributed by atoms with Gasteiger partial charge in [-0.2, -0.15) is 0 Å². The third kappa shape index (κ3) is 5.50. The van der Waals surface area contributed by atoms with E-state index in [4.69, 9.17) is 0 Å². The molecule has 4 nitrogen and oxygen atoms in total. The predicted octanol–water partition coefficient (Wildman–Crippen LogP) is 3.13. The number of halogens is 1. The topological polar surface area (TPSA) is 49.4 Å². The molecule has 0 unspecified atom stereocenters. The van der Waals surface area contributed by atoms with Crippen molar-refractivity contribution in [2.75, 3.05) is 13.1 Å². The van der Waals surface area contributed by atoms with Crippen LogP contribution in [0.2, 0.25) is 0 Å². The Hall–Kier alpha value is -1.36. The summed E-state index contributed by atoms with van der Waals surface area (Å²) >= 11 is 3.40. The number of likely N-dealkylation sites (N-methyl/N-ethyl adjacent to an activating group) is 1. The van der Waals surface area contributed by atoms with Crippen LogP contribution >= 0.6 is 15.9 Å². The van der Waals surface area contributed by atoms with Crippen molar-refractivity contribution >= 4 is 27.7 Å². The van der Waals surface area contributed by atoms with Crippen LogP contribution in [0.25, 0.3) is 0 Å².